The van der Waals surface area contributed by atoms with Crippen LogP contribution in [-0.4, -0.2) is 49.7 Å². The van der Waals surface area contributed by atoms with Gasteiger partial charge in [-0.05, 0) is 30.5 Å². The number of rotatable bonds is 5. The number of nitrogens with zero attached hydrogens (tertiary/aromatic N) is 1. The predicted octanol–water partition coefficient (Wildman–Crippen LogP) is 0.903. The Kier molecular flexibility index (Phi) is 5.95. The van der Waals surface area contributed by atoms with Gasteiger partial charge in [0.2, 0.25) is 5.91 Å². The van der Waals surface area contributed by atoms with E-state index in [1.165, 1.54) is 4.90 Å². The second-order valence-corrected chi connectivity index (χ2v) is 5.80. The van der Waals surface area contributed by atoms with Crippen molar-refractivity contribution in [2.45, 2.75) is 31.6 Å². The maximum absolute atomic E-state index is 12.1. The number of carbonyl (C=O) groups excluding carboxylic acids is 2. The van der Waals surface area contributed by atoms with Gasteiger partial charge in [-0.2, -0.15) is 0 Å². The van der Waals surface area contributed by atoms with Gasteiger partial charge in [0, 0.05) is 32.9 Å². The molecule has 3 amide bonds. The van der Waals surface area contributed by atoms with Crippen LogP contribution in [0.4, 0.5) is 10.5 Å². The van der Waals surface area contributed by atoms with Crippen molar-refractivity contribution in [1.29, 1.82) is 0 Å². The maximum Gasteiger partial charge on any atom is 0.321 e. The van der Waals surface area contributed by atoms with Crippen molar-refractivity contribution in [3.8, 4) is 0 Å². The van der Waals surface area contributed by atoms with E-state index in [1.54, 1.807) is 20.2 Å². The zero-order valence-corrected chi connectivity index (χ0v) is 13.5. The summed E-state index contributed by atoms with van der Waals surface area (Å²) in [5.74, 6) is -0.122. The molecule has 0 unspecified atom stereocenters. The van der Waals surface area contributed by atoms with E-state index in [0.29, 0.717) is 25.2 Å². The third kappa shape index (κ3) is 4.94. The first-order chi connectivity index (χ1) is 11.0. The summed E-state index contributed by atoms with van der Waals surface area (Å²) < 4.78 is 5.56. The fourth-order valence-electron chi connectivity index (χ4n) is 2.37. The first-order valence-electron chi connectivity index (χ1n) is 7.70. The lowest BCUT2D eigenvalue weighted by Crippen LogP contribution is -2.35. The van der Waals surface area contributed by atoms with Crippen molar-refractivity contribution in [3.05, 3.63) is 29.8 Å². The van der Waals surface area contributed by atoms with Crippen LogP contribution < -0.4 is 16.4 Å². The van der Waals surface area contributed by atoms with Gasteiger partial charge in [0.1, 0.15) is 6.10 Å². The highest BCUT2D eigenvalue weighted by atomic mass is 16.5. The molecule has 23 heavy (non-hydrogen) atoms. The van der Waals surface area contributed by atoms with Crippen LogP contribution in [0.15, 0.2) is 24.3 Å². The Balaban J connectivity index is 1.86. The number of ether oxygens (including phenoxy) is 1. The summed E-state index contributed by atoms with van der Waals surface area (Å²) in [5, 5.41) is 5.63. The molecule has 1 aliphatic rings. The van der Waals surface area contributed by atoms with E-state index in [0.717, 1.165) is 12.0 Å². The average molecular weight is 320 g/mol. The lowest BCUT2D eigenvalue weighted by Gasteiger charge is -2.14. The lowest BCUT2D eigenvalue weighted by atomic mass is 10.1. The molecule has 126 valence electrons. The van der Waals surface area contributed by atoms with Gasteiger partial charge in [-0.15, -0.1) is 0 Å². The van der Waals surface area contributed by atoms with Crippen molar-refractivity contribution in [3.63, 3.8) is 0 Å². The van der Waals surface area contributed by atoms with Gasteiger partial charge < -0.3 is 26.0 Å². The van der Waals surface area contributed by atoms with Gasteiger partial charge in [0.15, 0.2) is 0 Å². The second kappa shape index (κ2) is 7.94. The van der Waals surface area contributed by atoms with E-state index in [-0.39, 0.29) is 18.0 Å². The van der Waals surface area contributed by atoms with Gasteiger partial charge in [-0.1, -0.05) is 12.1 Å². The number of urea groups is 1. The van der Waals surface area contributed by atoms with E-state index in [2.05, 4.69) is 10.6 Å². The predicted molar refractivity (Wildman–Crippen MR) is 87.9 cm³/mol. The monoisotopic (exact) mass is 320 g/mol. The number of hydrogen-bond acceptors (Lipinski definition) is 4. The van der Waals surface area contributed by atoms with Gasteiger partial charge in [-0.25, -0.2) is 4.79 Å². The molecule has 1 aromatic rings. The molecule has 0 saturated carbocycles. The first kappa shape index (κ1) is 17.2. The van der Waals surface area contributed by atoms with Crippen molar-refractivity contribution in [2.75, 3.05) is 26.0 Å². The first-order valence-corrected chi connectivity index (χ1v) is 7.70. The summed E-state index contributed by atoms with van der Waals surface area (Å²) in [5.41, 5.74) is 7.14. The molecule has 0 spiro atoms. The topological polar surface area (TPSA) is 96.7 Å². The molecular formula is C16H24N4O3. The molecule has 1 aromatic carbocycles. The number of hydrogen-bond donors (Lipinski definition) is 3. The third-order valence-corrected chi connectivity index (χ3v) is 3.71. The summed E-state index contributed by atoms with van der Waals surface area (Å²) >= 11 is 0. The summed E-state index contributed by atoms with van der Waals surface area (Å²) in [6.07, 6.45) is 1.09. The smallest absolute Gasteiger partial charge is 0.321 e. The zero-order valence-electron chi connectivity index (χ0n) is 13.5. The number of nitrogens with two attached hydrogens (primary N) is 1. The summed E-state index contributed by atoms with van der Waals surface area (Å²) in [6, 6.07) is 7.17. The Morgan fingerprint density at radius 1 is 1.35 bits per heavy atom. The van der Waals surface area contributed by atoms with E-state index in [4.69, 9.17) is 10.5 Å². The van der Waals surface area contributed by atoms with Crippen LogP contribution in [0.1, 0.15) is 18.4 Å². The number of anilines is 1. The highest BCUT2D eigenvalue weighted by molar-refractivity contribution is 5.89. The van der Waals surface area contributed by atoms with Crippen LogP contribution in [0.3, 0.4) is 0 Å². The second-order valence-electron chi connectivity index (χ2n) is 5.80. The van der Waals surface area contributed by atoms with Crippen molar-refractivity contribution in [2.24, 2.45) is 5.73 Å². The Morgan fingerprint density at radius 2 is 2.13 bits per heavy atom. The number of carbonyl (C=O) groups is 2. The van der Waals surface area contributed by atoms with Crippen LogP contribution >= 0.6 is 0 Å². The third-order valence-electron chi connectivity index (χ3n) is 3.71. The van der Waals surface area contributed by atoms with Gasteiger partial charge in [0.05, 0.1) is 6.10 Å². The standard InChI is InChI=1S/C16H24N4O3/c1-20(2)16(22)19-12-5-3-4-11(8-12)10-18-15(21)14-7-6-13(9-17)23-14/h3-5,8,13-14H,6-7,9-10,17H2,1-2H3,(H,18,21)(H,19,22)/t13-,14+/m1/s1. The molecule has 4 N–H and O–H groups in total. The minimum absolute atomic E-state index is 0.0182. The summed E-state index contributed by atoms with van der Waals surface area (Å²) in [6.45, 7) is 0.828. The van der Waals surface area contributed by atoms with Crippen molar-refractivity contribution in [1.82, 2.24) is 10.2 Å². The van der Waals surface area contributed by atoms with Crippen LogP contribution in [0.5, 0.6) is 0 Å². The van der Waals surface area contributed by atoms with E-state index >= 15 is 0 Å². The average Bonchev–Trinajstić information content (AvgIpc) is 3.02. The quantitative estimate of drug-likeness (QED) is 0.751. The Bertz CT molecular complexity index is 562. The summed E-state index contributed by atoms with van der Waals surface area (Å²) in [4.78, 5) is 25.2. The largest absolute Gasteiger partial charge is 0.364 e. The molecule has 0 radical (unpaired) electrons. The minimum Gasteiger partial charge on any atom is -0.364 e. The van der Waals surface area contributed by atoms with E-state index in [1.807, 2.05) is 18.2 Å². The molecule has 0 aliphatic carbocycles. The number of benzene rings is 1. The molecule has 2 atom stereocenters. The lowest BCUT2D eigenvalue weighted by molar-refractivity contribution is -0.132. The van der Waals surface area contributed by atoms with Crippen LogP contribution in [0.2, 0.25) is 0 Å². The number of nitrogens with one attached hydrogen (secondary N) is 2. The molecule has 0 bridgehead atoms. The van der Waals surface area contributed by atoms with Crippen molar-refractivity contribution >= 4 is 17.6 Å². The number of amides is 3. The molecule has 1 heterocycles. The SMILES string of the molecule is CN(C)C(=O)Nc1cccc(CNC(=O)[C@@H]2CC[C@H](CN)O2)c1. The zero-order chi connectivity index (χ0) is 16.8. The highest BCUT2D eigenvalue weighted by Crippen LogP contribution is 2.19. The Morgan fingerprint density at radius 3 is 2.78 bits per heavy atom. The Hall–Kier alpha value is -2.12. The fraction of sp³-hybridized carbons (Fsp3) is 0.500. The molecular weight excluding hydrogens is 296 g/mol. The molecule has 7 nitrogen and oxygen atoms in total. The van der Waals surface area contributed by atoms with E-state index < -0.39 is 6.10 Å². The normalized spacial score (nSPS) is 20.1. The highest BCUT2D eigenvalue weighted by Gasteiger charge is 2.29. The van der Waals surface area contributed by atoms with Gasteiger partial charge in [-0.3, -0.25) is 4.79 Å². The molecule has 0 aromatic heterocycles. The molecule has 1 fully saturated rings. The van der Waals surface area contributed by atoms with E-state index in [9.17, 15) is 9.59 Å². The van der Waals surface area contributed by atoms with Crippen LogP contribution in [-0.2, 0) is 16.1 Å². The van der Waals surface area contributed by atoms with Gasteiger partial charge >= 0.3 is 6.03 Å². The van der Waals surface area contributed by atoms with Gasteiger partial charge in [0.25, 0.3) is 0 Å². The molecule has 7 heteroatoms. The Labute approximate surface area is 136 Å². The van der Waals surface area contributed by atoms with Crippen LogP contribution in [0.25, 0.3) is 0 Å². The van der Waals surface area contributed by atoms with Crippen molar-refractivity contribution < 1.29 is 14.3 Å². The van der Waals surface area contributed by atoms with Crippen LogP contribution in [0, 0.1) is 0 Å². The molecule has 1 saturated heterocycles. The fourth-order valence-corrected chi connectivity index (χ4v) is 2.37. The maximum atomic E-state index is 12.1. The summed E-state index contributed by atoms with van der Waals surface area (Å²) in [7, 11) is 3.35. The molecule has 2 rings (SSSR count). The minimum atomic E-state index is -0.417. The molecule has 1 aliphatic heterocycles.